The van der Waals surface area contributed by atoms with Crippen LogP contribution in [0.5, 0.6) is 0 Å². The lowest BCUT2D eigenvalue weighted by atomic mass is 10.3. The highest BCUT2D eigenvalue weighted by Gasteiger charge is 2.11. The minimum Gasteiger partial charge on any atom is -0.235 e. The largest absolute Gasteiger partial charge is 0.235 e. The Kier molecular flexibility index (Phi) is 6.42. The second kappa shape index (κ2) is 6.88. The number of unbranched alkanes of at least 4 members (excludes halogenated alkanes) is 2. The van der Waals surface area contributed by atoms with E-state index in [9.17, 15) is 10.1 Å². The zero-order valence-corrected chi connectivity index (χ0v) is 7.95. The number of rotatable bonds is 7. The molecule has 0 aliphatic carbocycles. The van der Waals surface area contributed by atoms with Gasteiger partial charge in [-0.25, -0.2) is 10.1 Å². The van der Waals surface area contributed by atoms with Crippen LogP contribution in [0.2, 0.25) is 0 Å². The summed E-state index contributed by atoms with van der Waals surface area (Å²) >= 11 is 0. The molecule has 0 heterocycles. The standard InChI is InChI=1S/C8H18N2O2/c1-3-5-7-9(10(11)12)8-6-4-2/h3-8H2,1-2H3. The van der Waals surface area contributed by atoms with Crippen molar-refractivity contribution in [2.75, 3.05) is 13.1 Å². The van der Waals surface area contributed by atoms with Crippen LogP contribution in [0, 0.1) is 10.1 Å². The molecule has 0 radical (unpaired) electrons. The van der Waals surface area contributed by atoms with Gasteiger partial charge >= 0.3 is 0 Å². The van der Waals surface area contributed by atoms with E-state index in [1.54, 1.807) is 0 Å². The predicted molar refractivity (Wildman–Crippen MR) is 48.4 cm³/mol. The Bertz CT molecular complexity index is 120. The van der Waals surface area contributed by atoms with Gasteiger partial charge in [0, 0.05) is 0 Å². The Morgan fingerprint density at radius 2 is 1.58 bits per heavy atom. The van der Waals surface area contributed by atoms with E-state index in [0.29, 0.717) is 13.1 Å². The summed E-state index contributed by atoms with van der Waals surface area (Å²) in [5, 5.41) is 11.5. The Morgan fingerprint density at radius 1 is 1.17 bits per heavy atom. The molecule has 0 aromatic heterocycles. The SMILES string of the molecule is CCCCN(CCCC)[N+](=O)[O-]. The summed E-state index contributed by atoms with van der Waals surface area (Å²) in [6, 6.07) is 0. The normalized spacial score (nSPS) is 9.83. The number of hydrazine groups is 1. The second-order valence-electron chi connectivity index (χ2n) is 2.90. The maximum Gasteiger partial charge on any atom is 0.160 e. The van der Waals surface area contributed by atoms with E-state index >= 15 is 0 Å². The molecule has 0 aliphatic heterocycles. The molecule has 0 bridgehead atoms. The molecule has 0 fully saturated rings. The molecule has 0 aromatic rings. The number of nitrogens with zero attached hydrogens (tertiary/aromatic N) is 2. The van der Waals surface area contributed by atoms with Gasteiger partial charge in [-0.3, -0.25) is 0 Å². The zero-order valence-electron chi connectivity index (χ0n) is 7.95. The fourth-order valence-corrected chi connectivity index (χ4v) is 0.956. The first-order valence-corrected chi connectivity index (χ1v) is 4.61. The average Bonchev–Trinajstić information content (AvgIpc) is 2.04. The van der Waals surface area contributed by atoms with Crippen molar-refractivity contribution in [1.29, 1.82) is 0 Å². The van der Waals surface area contributed by atoms with Crippen molar-refractivity contribution in [1.82, 2.24) is 5.01 Å². The molecule has 12 heavy (non-hydrogen) atoms. The minimum atomic E-state index is -0.286. The molecule has 0 amide bonds. The van der Waals surface area contributed by atoms with Gasteiger partial charge in [0.1, 0.15) is 0 Å². The Hall–Kier alpha value is -0.800. The lowest BCUT2D eigenvalue weighted by Gasteiger charge is -2.12. The predicted octanol–water partition coefficient (Wildman–Crippen LogP) is 2.08. The topological polar surface area (TPSA) is 46.4 Å². The molecule has 0 atom stereocenters. The van der Waals surface area contributed by atoms with Crippen LogP contribution in [0.1, 0.15) is 39.5 Å². The molecule has 0 rings (SSSR count). The van der Waals surface area contributed by atoms with Crippen LogP contribution in [-0.2, 0) is 0 Å². The highest BCUT2D eigenvalue weighted by molar-refractivity contribution is 4.45. The van der Waals surface area contributed by atoms with Crippen LogP contribution < -0.4 is 0 Å². The fourth-order valence-electron chi connectivity index (χ4n) is 0.956. The van der Waals surface area contributed by atoms with Crippen molar-refractivity contribution in [2.24, 2.45) is 0 Å². The van der Waals surface area contributed by atoms with Crippen LogP contribution in [-0.4, -0.2) is 23.1 Å². The van der Waals surface area contributed by atoms with Gasteiger partial charge in [0.25, 0.3) is 0 Å². The smallest absolute Gasteiger partial charge is 0.160 e. The van der Waals surface area contributed by atoms with Crippen LogP contribution in [0.15, 0.2) is 0 Å². The van der Waals surface area contributed by atoms with Gasteiger partial charge in [0.15, 0.2) is 5.03 Å². The van der Waals surface area contributed by atoms with Crippen molar-refractivity contribution in [3.63, 3.8) is 0 Å². The number of hydrogen-bond acceptors (Lipinski definition) is 2. The Balaban J connectivity index is 3.62. The van der Waals surface area contributed by atoms with Gasteiger partial charge in [-0.15, -0.1) is 5.01 Å². The monoisotopic (exact) mass is 174 g/mol. The maximum atomic E-state index is 10.4. The van der Waals surface area contributed by atoms with E-state index in [4.69, 9.17) is 0 Å². The van der Waals surface area contributed by atoms with Crippen molar-refractivity contribution >= 4 is 0 Å². The zero-order chi connectivity index (χ0) is 9.40. The van der Waals surface area contributed by atoms with Gasteiger partial charge in [0.2, 0.25) is 0 Å². The van der Waals surface area contributed by atoms with Crippen molar-refractivity contribution < 1.29 is 5.03 Å². The summed E-state index contributed by atoms with van der Waals surface area (Å²) < 4.78 is 0. The van der Waals surface area contributed by atoms with Crippen LogP contribution >= 0.6 is 0 Å². The molecule has 0 spiro atoms. The molecular formula is C8H18N2O2. The Morgan fingerprint density at radius 3 is 1.83 bits per heavy atom. The van der Waals surface area contributed by atoms with E-state index in [2.05, 4.69) is 0 Å². The molecule has 0 aromatic carbocycles. The first-order chi connectivity index (χ1) is 5.72. The molecule has 0 saturated heterocycles. The highest BCUT2D eigenvalue weighted by atomic mass is 16.7. The maximum absolute atomic E-state index is 10.4. The molecule has 0 unspecified atom stereocenters. The van der Waals surface area contributed by atoms with Crippen molar-refractivity contribution in [3.05, 3.63) is 10.1 Å². The molecule has 4 heteroatoms. The first-order valence-electron chi connectivity index (χ1n) is 4.61. The summed E-state index contributed by atoms with van der Waals surface area (Å²) in [6.45, 7) is 5.25. The van der Waals surface area contributed by atoms with Gasteiger partial charge in [-0.05, 0) is 12.8 Å². The summed E-state index contributed by atoms with van der Waals surface area (Å²) in [5.41, 5.74) is 0. The molecule has 0 N–H and O–H groups in total. The van der Waals surface area contributed by atoms with E-state index < -0.39 is 0 Å². The van der Waals surface area contributed by atoms with E-state index in [0.717, 1.165) is 25.7 Å². The van der Waals surface area contributed by atoms with Gasteiger partial charge in [-0.2, -0.15) is 0 Å². The number of nitro groups is 1. The molecule has 4 nitrogen and oxygen atoms in total. The summed E-state index contributed by atoms with van der Waals surface area (Å²) in [7, 11) is 0. The van der Waals surface area contributed by atoms with E-state index in [-0.39, 0.29) is 5.03 Å². The van der Waals surface area contributed by atoms with Crippen molar-refractivity contribution in [2.45, 2.75) is 39.5 Å². The lowest BCUT2D eigenvalue weighted by molar-refractivity contribution is -0.655. The Labute approximate surface area is 73.7 Å². The second-order valence-corrected chi connectivity index (χ2v) is 2.90. The summed E-state index contributed by atoms with van der Waals surface area (Å²) in [5.74, 6) is 0. The van der Waals surface area contributed by atoms with Crippen molar-refractivity contribution in [3.8, 4) is 0 Å². The lowest BCUT2D eigenvalue weighted by Crippen LogP contribution is -2.31. The molecule has 72 valence electrons. The number of hydrogen-bond donors (Lipinski definition) is 0. The molecule has 0 aliphatic rings. The molecular weight excluding hydrogens is 156 g/mol. The van der Waals surface area contributed by atoms with Crippen LogP contribution in [0.3, 0.4) is 0 Å². The van der Waals surface area contributed by atoms with E-state index in [1.807, 2.05) is 13.8 Å². The van der Waals surface area contributed by atoms with Crippen LogP contribution in [0.4, 0.5) is 0 Å². The van der Waals surface area contributed by atoms with Gasteiger partial charge in [-0.1, -0.05) is 26.7 Å². The van der Waals surface area contributed by atoms with E-state index in [1.165, 1.54) is 5.01 Å². The summed E-state index contributed by atoms with van der Waals surface area (Å²) in [6.07, 6.45) is 3.84. The third kappa shape index (κ3) is 4.93. The highest BCUT2D eigenvalue weighted by Crippen LogP contribution is 1.98. The average molecular weight is 174 g/mol. The van der Waals surface area contributed by atoms with Crippen LogP contribution in [0.25, 0.3) is 0 Å². The first kappa shape index (κ1) is 11.2. The minimum absolute atomic E-state index is 0.286. The molecule has 0 saturated carbocycles. The van der Waals surface area contributed by atoms with Gasteiger partial charge in [0.05, 0.1) is 13.1 Å². The summed E-state index contributed by atoms with van der Waals surface area (Å²) in [4.78, 5) is 10.4. The van der Waals surface area contributed by atoms with Gasteiger partial charge < -0.3 is 0 Å². The third-order valence-corrected chi connectivity index (χ3v) is 1.77. The fraction of sp³-hybridized carbons (Fsp3) is 1.00. The quantitative estimate of drug-likeness (QED) is 0.438. The third-order valence-electron chi connectivity index (χ3n) is 1.77.